The Hall–Kier alpha value is -2.85. The first-order valence-corrected chi connectivity index (χ1v) is 12.9. The van der Waals surface area contributed by atoms with Gasteiger partial charge in [0, 0.05) is 37.2 Å². The van der Waals surface area contributed by atoms with E-state index in [1.807, 2.05) is 36.4 Å². The maximum Gasteiger partial charge on any atom is 0.254 e. The summed E-state index contributed by atoms with van der Waals surface area (Å²) in [5, 5.41) is 0. The van der Waals surface area contributed by atoms with Gasteiger partial charge in [-0.25, -0.2) is 0 Å². The Morgan fingerprint density at radius 2 is 1.71 bits per heavy atom. The molecule has 1 saturated heterocycles. The van der Waals surface area contributed by atoms with Gasteiger partial charge in [0.15, 0.2) is 0 Å². The number of hydrogen-bond donors (Lipinski definition) is 0. The van der Waals surface area contributed by atoms with Crippen molar-refractivity contribution >= 4 is 5.91 Å². The molecule has 2 fully saturated rings. The molecule has 2 atom stereocenters. The van der Waals surface area contributed by atoms with Crippen molar-refractivity contribution in [3.05, 3.63) is 95.4 Å². The molecule has 1 amide bonds. The third-order valence-corrected chi connectivity index (χ3v) is 7.79. The molecule has 4 nitrogen and oxygen atoms in total. The van der Waals surface area contributed by atoms with Crippen LogP contribution in [0.25, 0.3) is 0 Å². The Balaban J connectivity index is 1.42. The molecule has 2 aliphatic rings. The molecule has 178 valence electrons. The number of carbonyl (C=O) groups is 1. The third kappa shape index (κ3) is 5.12. The second-order valence-electron chi connectivity index (χ2n) is 10.1. The lowest BCUT2D eigenvalue weighted by Gasteiger charge is -2.37. The van der Waals surface area contributed by atoms with E-state index in [0.29, 0.717) is 17.9 Å². The van der Waals surface area contributed by atoms with E-state index in [1.165, 1.54) is 30.4 Å². The van der Waals surface area contributed by atoms with Crippen molar-refractivity contribution < 1.29 is 9.21 Å². The van der Waals surface area contributed by atoms with Gasteiger partial charge in [-0.3, -0.25) is 9.69 Å². The number of benzene rings is 2. The van der Waals surface area contributed by atoms with Crippen LogP contribution in [0.15, 0.2) is 77.4 Å². The van der Waals surface area contributed by atoms with E-state index in [1.54, 1.807) is 6.26 Å². The first kappa shape index (κ1) is 22.9. The summed E-state index contributed by atoms with van der Waals surface area (Å²) >= 11 is 0. The average molecular weight is 457 g/mol. The predicted octanol–water partition coefficient (Wildman–Crippen LogP) is 6.28. The quantitative estimate of drug-likeness (QED) is 0.420. The van der Waals surface area contributed by atoms with Crippen molar-refractivity contribution in [2.24, 2.45) is 5.92 Å². The van der Waals surface area contributed by atoms with E-state index < -0.39 is 0 Å². The Bertz CT molecular complexity index is 1060. The van der Waals surface area contributed by atoms with Gasteiger partial charge in [0.05, 0.1) is 12.8 Å². The fourth-order valence-electron chi connectivity index (χ4n) is 6.04. The zero-order chi connectivity index (χ0) is 23.3. The Kier molecular flexibility index (Phi) is 7.15. The number of nitrogens with zero attached hydrogens (tertiary/aromatic N) is 2. The van der Waals surface area contributed by atoms with Gasteiger partial charge in [-0.15, -0.1) is 0 Å². The molecule has 0 radical (unpaired) electrons. The largest absolute Gasteiger partial charge is 0.468 e. The predicted molar refractivity (Wildman–Crippen MR) is 136 cm³/mol. The van der Waals surface area contributed by atoms with Crippen LogP contribution in [0.4, 0.5) is 0 Å². The average Bonchev–Trinajstić information content (AvgIpc) is 3.53. The fourth-order valence-corrected chi connectivity index (χ4v) is 6.04. The first-order valence-electron chi connectivity index (χ1n) is 12.9. The molecular formula is C30H36N2O2. The Morgan fingerprint density at radius 1 is 0.941 bits per heavy atom. The highest BCUT2D eigenvalue weighted by Crippen LogP contribution is 2.37. The lowest BCUT2D eigenvalue weighted by Crippen LogP contribution is -2.45. The van der Waals surface area contributed by atoms with Crippen molar-refractivity contribution in [3.63, 3.8) is 0 Å². The molecular weight excluding hydrogens is 420 g/mol. The normalized spacial score (nSPS) is 21.6. The van der Waals surface area contributed by atoms with Crippen LogP contribution in [0.1, 0.15) is 65.3 Å². The highest BCUT2D eigenvalue weighted by molar-refractivity contribution is 5.94. The van der Waals surface area contributed by atoms with Crippen LogP contribution in [0.5, 0.6) is 0 Å². The van der Waals surface area contributed by atoms with E-state index >= 15 is 0 Å². The summed E-state index contributed by atoms with van der Waals surface area (Å²) in [7, 11) is 0. The minimum Gasteiger partial charge on any atom is -0.468 e. The summed E-state index contributed by atoms with van der Waals surface area (Å²) in [5.74, 6) is 2.01. The smallest absolute Gasteiger partial charge is 0.254 e. The fraction of sp³-hybridized carbons (Fsp3) is 0.433. The molecule has 1 aliphatic heterocycles. The minimum absolute atomic E-state index is 0.195. The number of rotatable bonds is 7. The highest BCUT2D eigenvalue weighted by Gasteiger charge is 2.38. The number of hydrogen-bond acceptors (Lipinski definition) is 3. The molecule has 1 aromatic heterocycles. The minimum atomic E-state index is 0.195. The molecule has 4 heteroatoms. The summed E-state index contributed by atoms with van der Waals surface area (Å²) in [6.45, 7) is 5.82. The molecule has 0 bridgehead atoms. The Labute approximate surface area is 203 Å². The van der Waals surface area contributed by atoms with Crippen LogP contribution in [-0.2, 0) is 6.54 Å². The topological polar surface area (TPSA) is 36.7 Å². The number of amides is 1. The van der Waals surface area contributed by atoms with Gasteiger partial charge < -0.3 is 9.32 Å². The molecule has 2 aromatic carbocycles. The van der Waals surface area contributed by atoms with Crippen LogP contribution >= 0.6 is 0 Å². The van der Waals surface area contributed by atoms with E-state index in [9.17, 15) is 4.79 Å². The maximum atomic E-state index is 13.8. The summed E-state index contributed by atoms with van der Waals surface area (Å²) < 4.78 is 5.66. The van der Waals surface area contributed by atoms with E-state index in [4.69, 9.17) is 4.42 Å². The SMILES string of the molecule is Cc1ccccc1[C@@H]1CN(Cc2ccco2)C[C@H]1CN(C(=O)c1ccccc1)C1CCCCC1. The lowest BCUT2D eigenvalue weighted by molar-refractivity contribution is 0.0587. The molecule has 1 aliphatic carbocycles. The van der Waals surface area contributed by atoms with E-state index in [0.717, 1.165) is 50.3 Å². The molecule has 34 heavy (non-hydrogen) atoms. The van der Waals surface area contributed by atoms with Crippen molar-refractivity contribution in [1.29, 1.82) is 0 Å². The van der Waals surface area contributed by atoms with Crippen molar-refractivity contribution in [2.75, 3.05) is 19.6 Å². The van der Waals surface area contributed by atoms with Crippen molar-refractivity contribution in [2.45, 2.75) is 57.5 Å². The van der Waals surface area contributed by atoms with Crippen LogP contribution in [0, 0.1) is 12.8 Å². The van der Waals surface area contributed by atoms with Crippen LogP contribution in [0.2, 0.25) is 0 Å². The molecule has 1 saturated carbocycles. The Morgan fingerprint density at radius 3 is 2.44 bits per heavy atom. The van der Waals surface area contributed by atoms with E-state index in [-0.39, 0.29) is 5.91 Å². The molecule has 2 heterocycles. The third-order valence-electron chi connectivity index (χ3n) is 7.79. The second kappa shape index (κ2) is 10.6. The van der Waals surface area contributed by atoms with Crippen LogP contribution in [-0.4, -0.2) is 41.4 Å². The molecule has 0 unspecified atom stereocenters. The summed E-state index contributed by atoms with van der Waals surface area (Å²) in [6, 6.07) is 23.0. The second-order valence-corrected chi connectivity index (χ2v) is 10.1. The number of carbonyl (C=O) groups excluding carboxylic acids is 1. The van der Waals surface area contributed by atoms with Gasteiger partial charge in [0.25, 0.3) is 5.91 Å². The first-order chi connectivity index (χ1) is 16.7. The van der Waals surface area contributed by atoms with Gasteiger partial charge >= 0.3 is 0 Å². The van der Waals surface area contributed by atoms with Gasteiger partial charge in [-0.2, -0.15) is 0 Å². The van der Waals surface area contributed by atoms with Crippen molar-refractivity contribution in [3.8, 4) is 0 Å². The summed E-state index contributed by atoms with van der Waals surface area (Å²) in [4.78, 5) is 18.5. The standard InChI is InChI=1S/C30H36N2O2/c1-23-11-8-9-17-28(23)29-22-31(21-27-16-10-18-34-27)19-25(29)20-32(26-14-6-3-7-15-26)30(33)24-12-4-2-5-13-24/h2,4-5,8-13,16-18,25-26,29H,3,6-7,14-15,19-22H2,1H3/t25-,29+/m0/s1. The monoisotopic (exact) mass is 456 g/mol. The zero-order valence-electron chi connectivity index (χ0n) is 20.2. The summed E-state index contributed by atoms with van der Waals surface area (Å²) in [6.07, 6.45) is 7.73. The number of aryl methyl sites for hydroxylation is 1. The van der Waals surface area contributed by atoms with Crippen LogP contribution in [0.3, 0.4) is 0 Å². The van der Waals surface area contributed by atoms with Crippen molar-refractivity contribution in [1.82, 2.24) is 9.80 Å². The zero-order valence-corrected chi connectivity index (χ0v) is 20.2. The van der Waals surface area contributed by atoms with E-state index in [2.05, 4.69) is 47.1 Å². The van der Waals surface area contributed by atoms with Gasteiger partial charge in [0.2, 0.25) is 0 Å². The summed E-state index contributed by atoms with van der Waals surface area (Å²) in [5.41, 5.74) is 3.58. The maximum absolute atomic E-state index is 13.8. The highest BCUT2D eigenvalue weighted by atomic mass is 16.3. The molecule has 0 N–H and O–H groups in total. The molecule has 3 aromatic rings. The van der Waals surface area contributed by atoms with Gasteiger partial charge in [-0.1, -0.05) is 61.7 Å². The lowest BCUT2D eigenvalue weighted by atomic mass is 9.85. The molecule has 5 rings (SSSR count). The number of likely N-dealkylation sites (tertiary alicyclic amines) is 1. The van der Waals surface area contributed by atoms with Gasteiger partial charge in [-0.05, 0) is 61.1 Å². The van der Waals surface area contributed by atoms with Gasteiger partial charge in [0.1, 0.15) is 5.76 Å². The van der Waals surface area contributed by atoms with Crippen LogP contribution < -0.4 is 0 Å². The number of furan rings is 1. The molecule has 0 spiro atoms.